The van der Waals surface area contributed by atoms with Gasteiger partial charge in [0.15, 0.2) is 0 Å². The summed E-state index contributed by atoms with van der Waals surface area (Å²) >= 11 is 0. The van der Waals surface area contributed by atoms with E-state index < -0.39 is 0 Å². The Bertz CT molecular complexity index is 546. The highest BCUT2D eigenvalue weighted by Crippen LogP contribution is 2.40. The molecular formula is C28H48O4. The first-order chi connectivity index (χ1) is 15.6. The van der Waals surface area contributed by atoms with Gasteiger partial charge < -0.3 is 4.74 Å². The lowest BCUT2D eigenvalue weighted by Gasteiger charge is -2.37. The quantitative estimate of drug-likeness (QED) is 0.234. The van der Waals surface area contributed by atoms with Crippen molar-refractivity contribution in [3.8, 4) is 0 Å². The fraction of sp³-hybridized carbons (Fsp3) is 0.964. The summed E-state index contributed by atoms with van der Waals surface area (Å²) in [6.07, 6.45) is 19.6. The Balaban J connectivity index is 1.07. The summed E-state index contributed by atoms with van der Waals surface area (Å²) < 4.78 is 5.94. The number of hydrogen-bond donors (Lipinski definition) is 0. The fourth-order valence-electron chi connectivity index (χ4n) is 6.82. The maximum Gasteiger partial charge on any atom is 0.309 e. The summed E-state index contributed by atoms with van der Waals surface area (Å²) in [5.74, 6) is 4.28. The maximum atomic E-state index is 12.5. The first-order valence-electron chi connectivity index (χ1n) is 14.1. The highest BCUT2D eigenvalue weighted by molar-refractivity contribution is 5.72. The van der Waals surface area contributed by atoms with Gasteiger partial charge in [-0.15, -0.1) is 0 Å². The minimum atomic E-state index is 0.0979. The molecule has 4 nitrogen and oxygen atoms in total. The van der Waals surface area contributed by atoms with Gasteiger partial charge in [-0.05, 0) is 119 Å². The van der Waals surface area contributed by atoms with Crippen LogP contribution in [0.15, 0.2) is 0 Å². The summed E-state index contributed by atoms with van der Waals surface area (Å²) in [6, 6.07) is 0. The number of carbonyl (C=O) groups excluding carboxylic acids is 1. The van der Waals surface area contributed by atoms with Gasteiger partial charge in [-0.25, -0.2) is 9.78 Å². The van der Waals surface area contributed by atoms with Crippen molar-refractivity contribution < 1.29 is 19.3 Å². The van der Waals surface area contributed by atoms with Gasteiger partial charge in [0.1, 0.15) is 6.10 Å². The molecule has 4 aliphatic carbocycles. The van der Waals surface area contributed by atoms with Crippen molar-refractivity contribution in [2.75, 3.05) is 6.61 Å². The molecule has 0 spiro atoms. The van der Waals surface area contributed by atoms with Crippen molar-refractivity contribution in [3.63, 3.8) is 0 Å². The minimum absolute atomic E-state index is 0.0979. The van der Waals surface area contributed by atoms with Gasteiger partial charge in [0.2, 0.25) is 0 Å². The van der Waals surface area contributed by atoms with Gasteiger partial charge in [-0.3, -0.25) is 4.79 Å². The van der Waals surface area contributed by atoms with E-state index in [1.54, 1.807) is 0 Å². The maximum absolute atomic E-state index is 12.5. The van der Waals surface area contributed by atoms with E-state index in [1.165, 1.54) is 64.2 Å². The molecule has 0 aromatic heterocycles. The third-order valence-electron chi connectivity index (χ3n) is 9.38. The van der Waals surface area contributed by atoms with Crippen LogP contribution in [0.1, 0.15) is 117 Å². The molecule has 0 bridgehead atoms. The predicted octanol–water partition coefficient (Wildman–Crippen LogP) is 7.25. The fourth-order valence-corrected chi connectivity index (χ4v) is 6.82. The summed E-state index contributed by atoms with van der Waals surface area (Å²) in [4.78, 5) is 24.0. The van der Waals surface area contributed by atoms with Gasteiger partial charge in [-0.1, -0.05) is 26.7 Å². The summed E-state index contributed by atoms with van der Waals surface area (Å²) in [5.41, 5.74) is 0. The average Bonchev–Trinajstić information content (AvgIpc) is 2.82. The van der Waals surface area contributed by atoms with Crippen molar-refractivity contribution in [1.29, 1.82) is 0 Å². The van der Waals surface area contributed by atoms with E-state index in [0.717, 1.165) is 68.8 Å². The van der Waals surface area contributed by atoms with Crippen LogP contribution in [-0.2, 0) is 19.3 Å². The SMILES string of the molecule is CC1CCC(COOC2CCC(C3CCC(OC(=O)C4CCC(C)CC4)CC3)CC2)CC1. The number of rotatable bonds is 7. The van der Waals surface area contributed by atoms with Crippen LogP contribution in [0.5, 0.6) is 0 Å². The van der Waals surface area contributed by atoms with Gasteiger partial charge in [0, 0.05) is 0 Å². The van der Waals surface area contributed by atoms with Gasteiger partial charge in [0.25, 0.3) is 0 Å². The van der Waals surface area contributed by atoms with Crippen LogP contribution >= 0.6 is 0 Å². The van der Waals surface area contributed by atoms with Crippen molar-refractivity contribution in [1.82, 2.24) is 0 Å². The van der Waals surface area contributed by atoms with E-state index in [0.29, 0.717) is 12.0 Å². The molecule has 0 aromatic rings. The predicted molar refractivity (Wildman–Crippen MR) is 127 cm³/mol. The molecule has 32 heavy (non-hydrogen) atoms. The summed E-state index contributed by atoms with van der Waals surface area (Å²) in [6.45, 7) is 5.45. The Hall–Kier alpha value is -0.610. The molecule has 0 aliphatic heterocycles. The topological polar surface area (TPSA) is 44.8 Å². The molecule has 0 atom stereocenters. The van der Waals surface area contributed by atoms with Gasteiger partial charge in [0.05, 0.1) is 18.6 Å². The average molecular weight is 449 g/mol. The zero-order valence-electron chi connectivity index (χ0n) is 20.8. The van der Waals surface area contributed by atoms with Gasteiger partial charge >= 0.3 is 5.97 Å². The van der Waals surface area contributed by atoms with E-state index in [-0.39, 0.29) is 18.0 Å². The Morgan fingerprint density at radius 1 is 0.625 bits per heavy atom. The molecule has 0 aromatic carbocycles. The number of carbonyl (C=O) groups is 1. The van der Waals surface area contributed by atoms with Gasteiger partial charge in [-0.2, -0.15) is 0 Å². The first kappa shape index (κ1) is 24.5. The monoisotopic (exact) mass is 448 g/mol. The minimum Gasteiger partial charge on any atom is -0.462 e. The molecule has 0 radical (unpaired) electrons. The standard InChI is InChI=1S/C28H48O4/c1-20-3-7-22(8-4-20)19-30-32-27-17-13-24(14-18-27)23-11-15-26(16-12-23)31-28(29)25-9-5-21(2)6-10-25/h20-27H,3-19H2,1-2H3. The molecule has 0 N–H and O–H groups in total. The smallest absolute Gasteiger partial charge is 0.309 e. The molecule has 4 heteroatoms. The largest absolute Gasteiger partial charge is 0.462 e. The Kier molecular flexibility index (Phi) is 9.34. The third-order valence-corrected chi connectivity index (χ3v) is 9.38. The zero-order chi connectivity index (χ0) is 22.3. The molecule has 0 saturated heterocycles. The highest BCUT2D eigenvalue weighted by Gasteiger charge is 2.34. The van der Waals surface area contributed by atoms with Crippen LogP contribution < -0.4 is 0 Å². The summed E-state index contributed by atoms with van der Waals surface area (Å²) in [5, 5.41) is 0. The van der Waals surface area contributed by atoms with E-state index >= 15 is 0 Å². The van der Waals surface area contributed by atoms with Crippen molar-refractivity contribution in [2.24, 2.45) is 35.5 Å². The lowest BCUT2D eigenvalue weighted by molar-refractivity contribution is -0.336. The van der Waals surface area contributed by atoms with Crippen molar-refractivity contribution >= 4 is 5.97 Å². The Morgan fingerprint density at radius 2 is 1.12 bits per heavy atom. The Labute approximate surface area is 196 Å². The second-order valence-electron chi connectivity index (χ2n) is 12.0. The molecule has 0 amide bonds. The van der Waals surface area contributed by atoms with E-state index in [9.17, 15) is 4.79 Å². The van der Waals surface area contributed by atoms with Crippen molar-refractivity contribution in [3.05, 3.63) is 0 Å². The molecule has 0 heterocycles. The van der Waals surface area contributed by atoms with Crippen LogP contribution in [-0.4, -0.2) is 24.8 Å². The lowest BCUT2D eigenvalue weighted by Crippen LogP contribution is -2.33. The second kappa shape index (κ2) is 12.2. The molecular weight excluding hydrogens is 400 g/mol. The highest BCUT2D eigenvalue weighted by atomic mass is 17.2. The van der Waals surface area contributed by atoms with Crippen LogP contribution in [0.3, 0.4) is 0 Å². The molecule has 4 rings (SSSR count). The lowest BCUT2D eigenvalue weighted by atomic mass is 9.72. The van der Waals surface area contributed by atoms with Crippen molar-refractivity contribution in [2.45, 2.75) is 129 Å². The van der Waals surface area contributed by atoms with E-state index in [1.807, 2.05) is 0 Å². The van der Waals surface area contributed by atoms with Crippen LogP contribution in [0, 0.1) is 35.5 Å². The number of esters is 1. The number of hydrogen-bond acceptors (Lipinski definition) is 4. The third kappa shape index (κ3) is 7.19. The van der Waals surface area contributed by atoms with Crippen LogP contribution in [0.25, 0.3) is 0 Å². The van der Waals surface area contributed by atoms with Crippen LogP contribution in [0.2, 0.25) is 0 Å². The molecule has 0 unspecified atom stereocenters. The van der Waals surface area contributed by atoms with E-state index in [2.05, 4.69) is 13.8 Å². The first-order valence-corrected chi connectivity index (χ1v) is 14.1. The molecule has 4 fully saturated rings. The second-order valence-corrected chi connectivity index (χ2v) is 12.0. The Morgan fingerprint density at radius 3 is 1.69 bits per heavy atom. The van der Waals surface area contributed by atoms with Crippen LogP contribution in [0.4, 0.5) is 0 Å². The zero-order valence-corrected chi connectivity index (χ0v) is 20.8. The number of ether oxygens (including phenoxy) is 1. The summed E-state index contributed by atoms with van der Waals surface area (Å²) in [7, 11) is 0. The van der Waals surface area contributed by atoms with E-state index in [4.69, 9.17) is 14.5 Å². The normalized spacial score (nSPS) is 41.2. The molecule has 184 valence electrons. The molecule has 4 aliphatic rings. The molecule has 4 saturated carbocycles.